The summed E-state index contributed by atoms with van der Waals surface area (Å²) < 4.78 is 36.7. The number of sulfonamides is 1. The second kappa shape index (κ2) is 9.16. The molecule has 0 atom stereocenters. The molecule has 0 aliphatic carbocycles. The van der Waals surface area contributed by atoms with Gasteiger partial charge in [0.25, 0.3) is 5.91 Å². The van der Waals surface area contributed by atoms with E-state index in [1.807, 2.05) is 24.3 Å². The molecule has 3 rings (SSSR count). The Balaban J connectivity index is 1.79. The van der Waals surface area contributed by atoms with Gasteiger partial charge in [0.15, 0.2) is 0 Å². The second-order valence-corrected chi connectivity index (χ2v) is 9.74. The molecule has 0 spiro atoms. The number of hydrogen-bond acceptors (Lipinski definition) is 5. The molecular weight excluding hydrogens is 404 g/mol. The van der Waals surface area contributed by atoms with Crippen LogP contribution in [0.2, 0.25) is 0 Å². The molecule has 2 aromatic rings. The van der Waals surface area contributed by atoms with Crippen molar-refractivity contribution in [3.8, 4) is 5.75 Å². The van der Waals surface area contributed by atoms with Crippen LogP contribution in [0, 0.1) is 0 Å². The Morgan fingerprint density at radius 2 is 1.73 bits per heavy atom. The van der Waals surface area contributed by atoms with E-state index in [0.717, 1.165) is 28.5 Å². The van der Waals surface area contributed by atoms with Gasteiger partial charge in [0.2, 0.25) is 10.0 Å². The zero-order chi connectivity index (χ0) is 21.8. The number of para-hydroxylation sites is 1. The van der Waals surface area contributed by atoms with Gasteiger partial charge in [0.1, 0.15) is 5.75 Å². The summed E-state index contributed by atoms with van der Waals surface area (Å²) in [6.45, 7) is 1.67. The number of hydrogen-bond donors (Lipinski definition) is 1. The van der Waals surface area contributed by atoms with Gasteiger partial charge < -0.3 is 14.8 Å². The van der Waals surface area contributed by atoms with Gasteiger partial charge in [-0.2, -0.15) is 0 Å². The van der Waals surface area contributed by atoms with E-state index >= 15 is 0 Å². The quantitative estimate of drug-likeness (QED) is 0.726. The normalized spacial score (nSPS) is 16.3. The van der Waals surface area contributed by atoms with Crippen molar-refractivity contribution >= 4 is 15.9 Å². The van der Waals surface area contributed by atoms with E-state index in [0.29, 0.717) is 25.3 Å². The van der Waals surface area contributed by atoms with Gasteiger partial charge in [0.05, 0.1) is 12.0 Å². The average molecular weight is 433 g/mol. The van der Waals surface area contributed by atoms with E-state index < -0.39 is 10.0 Å². The van der Waals surface area contributed by atoms with Crippen LogP contribution < -0.4 is 10.1 Å². The van der Waals surface area contributed by atoms with Crippen molar-refractivity contribution in [3.63, 3.8) is 0 Å². The summed E-state index contributed by atoms with van der Waals surface area (Å²) in [6.07, 6.45) is 1.54. The second-order valence-electron chi connectivity index (χ2n) is 7.59. The Morgan fingerprint density at radius 1 is 1.10 bits per heavy atom. The van der Waals surface area contributed by atoms with E-state index in [4.69, 9.17) is 9.47 Å². The van der Waals surface area contributed by atoms with Crippen LogP contribution in [0.15, 0.2) is 53.4 Å². The predicted octanol–water partition coefficient (Wildman–Crippen LogP) is 2.42. The fraction of sp³-hybridized carbons (Fsp3) is 0.409. The Labute approximate surface area is 178 Å². The summed E-state index contributed by atoms with van der Waals surface area (Å²) >= 11 is 0. The van der Waals surface area contributed by atoms with Crippen molar-refractivity contribution in [2.75, 3.05) is 41.0 Å². The molecule has 0 radical (unpaired) electrons. The standard InChI is InChI=1S/C22H28N2O5S/c1-24(2)30(26,27)18-10-8-17(9-11-18)21(25)23-16-22(12-14-29-15-13-22)19-6-4-5-7-20(19)28-3/h4-11H,12-16H2,1-3H3,(H,23,25). The molecule has 7 nitrogen and oxygen atoms in total. The van der Waals surface area contributed by atoms with Crippen molar-refractivity contribution in [1.82, 2.24) is 9.62 Å². The highest BCUT2D eigenvalue weighted by atomic mass is 32.2. The Hall–Kier alpha value is -2.42. The zero-order valence-corrected chi connectivity index (χ0v) is 18.4. The highest BCUT2D eigenvalue weighted by Gasteiger charge is 2.37. The Morgan fingerprint density at radius 3 is 2.33 bits per heavy atom. The first-order valence-electron chi connectivity index (χ1n) is 9.82. The molecule has 0 saturated carbocycles. The highest BCUT2D eigenvalue weighted by Crippen LogP contribution is 2.39. The molecule has 30 heavy (non-hydrogen) atoms. The minimum absolute atomic E-state index is 0.152. The van der Waals surface area contributed by atoms with E-state index in [1.165, 1.54) is 38.4 Å². The molecule has 162 valence electrons. The van der Waals surface area contributed by atoms with Crippen molar-refractivity contribution < 1.29 is 22.7 Å². The molecule has 8 heteroatoms. The number of nitrogens with zero attached hydrogens (tertiary/aromatic N) is 1. The summed E-state index contributed by atoms with van der Waals surface area (Å²) in [5.41, 5.74) is 1.19. The van der Waals surface area contributed by atoms with Crippen LogP contribution in [0.3, 0.4) is 0 Å². The number of methoxy groups -OCH3 is 1. The number of benzene rings is 2. The third-order valence-electron chi connectivity index (χ3n) is 5.61. The summed E-state index contributed by atoms with van der Waals surface area (Å²) in [4.78, 5) is 12.9. The first-order valence-corrected chi connectivity index (χ1v) is 11.3. The van der Waals surface area contributed by atoms with Crippen LogP contribution in [0.5, 0.6) is 5.75 Å². The van der Waals surface area contributed by atoms with Crippen molar-refractivity contribution in [2.24, 2.45) is 0 Å². The molecule has 1 amide bonds. The number of nitrogens with one attached hydrogen (secondary N) is 1. The van der Waals surface area contributed by atoms with Crippen molar-refractivity contribution in [1.29, 1.82) is 0 Å². The lowest BCUT2D eigenvalue weighted by molar-refractivity contribution is 0.0479. The monoisotopic (exact) mass is 432 g/mol. The summed E-state index contributed by atoms with van der Waals surface area (Å²) in [5, 5.41) is 3.03. The van der Waals surface area contributed by atoms with E-state index in [9.17, 15) is 13.2 Å². The predicted molar refractivity (Wildman–Crippen MR) is 114 cm³/mol. The van der Waals surface area contributed by atoms with Gasteiger partial charge >= 0.3 is 0 Å². The maximum Gasteiger partial charge on any atom is 0.251 e. The number of amides is 1. The smallest absolute Gasteiger partial charge is 0.251 e. The lowest BCUT2D eigenvalue weighted by Gasteiger charge is -2.38. The molecule has 1 aliphatic rings. The molecule has 1 aliphatic heterocycles. The Bertz CT molecular complexity index is 981. The summed E-state index contributed by atoms with van der Waals surface area (Å²) in [6, 6.07) is 13.8. The van der Waals surface area contributed by atoms with Crippen LogP contribution in [0.4, 0.5) is 0 Å². The summed E-state index contributed by atoms with van der Waals surface area (Å²) in [7, 11) is 1.06. The number of carbonyl (C=O) groups excluding carboxylic acids is 1. The maximum absolute atomic E-state index is 12.8. The topological polar surface area (TPSA) is 84.9 Å². The first-order chi connectivity index (χ1) is 14.3. The summed E-state index contributed by atoms with van der Waals surface area (Å²) in [5.74, 6) is 0.552. The average Bonchev–Trinajstić information content (AvgIpc) is 2.78. The number of rotatable bonds is 7. The third-order valence-corrected chi connectivity index (χ3v) is 7.44. The molecule has 1 heterocycles. The van der Waals surface area contributed by atoms with Gasteiger partial charge in [-0.05, 0) is 43.2 Å². The van der Waals surface area contributed by atoms with E-state index in [-0.39, 0.29) is 16.2 Å². The molecule has 0 aromatic heterocycles. The van der Waals surface area contributed by atoms with Crippen LogP contribution in [-0.2, 0) is 20.2 Å². The Kier molecular flexibility index (Phi) is 6.80. The van der Waals surface area contributed by atoms with Gasteiger partial charge in [-0.1, -0.05) is 18.2 Å². The van der Waals surface area contributed by atoms with Crippen LogP contribution in [-0.4, -0.2) is 59.6 Å². The molecule has 0 bridgehead atoms. The molecule has 1 saturated heterocycles. The fourth-order valence-corrected chi connectivity index (χ4v) is 4.63. The van der Waals surface area contributed by atoms with Crippen LogP contribution >= 0.6 is 0 Å². The minimum atomic E-state index is -3.53. The van der Waals surface area contributed by atoms with Crippen molar-refractivity contribution in [2.45, 2.75) is 23.2 Å². The molecule has 1 fully saturated rings. The van der Waals surface area contributed by atoms with E-state index in [1.54, 1.807) is 7.11 Å². The molecule has 2 aromatic carbocycles. The van der Waals surface area contributed by atoms with Crippen LogP contribution in [0.25, 0.3) is 0 Å². The van der Waals surface area contributed by atoms with E-state index in [2.05, 4.69) is 5.32 Å². The van der Waals surface area contributed by atoms with Gasteiger partial charge in [-0.25, -0.2) is 12.7 Å². The van der Waals surface area contributed by atoms with Gasteiger partial charge in [0, 0.05) is 50.4 Å². The number of ether oxygens (including phenoxy) is 2. The molecule has 0 unspecified atom stereocenters. The van der Waals surface area contributed by atoms with Crippen molar-refractivity contribution in [3.05, 3.63) is 59.7 Å². The largest absolute Gasteiger partial charge is 0.496 e. The number of carbonyl (C=O) groups is 1. The SMILES string of the molecule is COc1ccccc1C1(CNC(=O)c2ccc(S(=O)(=O)N(C)C)cc2)CCOCC1. The molecule has 1 N–H and O–H groups in total. The zero-order valence-electron chi connectivity index (χ0n) is 17.6. The third kappa shape index (κ3) is 4.50. The molecular formula is C22H28N2O5S. The minimum Gasteiger partial charge on any atom is -0.496 e. The van der Waals surface area contributed by atoms with Gasteiger partial charge in [-0.15, -0.1) is 0 Å². The lowest BCUT2D eigenvalue weighted by Crippen LogP contribution is -2.44. The first kappa shape index (κ1) is 22.3. The van der Waals surface area contributed by atoms with Gasteiger partial charge in [-0.3, -0.25) is 4.79 Å². The highest BCUT2D eigenvalue weighted by molar-refractivity contribution is 7.89. The van der Waals surface area contributed by atoms with Crippen LogP contribution in [0.1, 0.15) is 28.8 Å². The lowest BCUT2D eigenvalue weighted by atomic mass is 9.73. The fourth-order valence-electron chi connectivity index (χ4n) is 3.73. The maximum atomic E-state index is 12.8.